The van der Waals surface area contributed by atoms with E-state index in [-0.39, 0.29) is 0 Å². The van der Waals surface area contributed by atoms with Crippen LogP contribution in [-0.2, 0) is 0 Å². The summed E-state index contributed by atoms with van der Waals surface area (Å²) < 4.78 is 4.37. The van der Waals surface area contributed by atoms with Gasteiger partial charge in [0, 0.05) is 30.0 Å². The molecular formula is C9H14N4S. The van der Waals surface area contributed by atoms with Crippen molar-refractivity contribution in [1.29, 1.82) is 0 Å². The molecule has 2 fully saturated rings. The monoisotopic (exact) mass is 210 g/mol. The van der Waals surface area contributed by atoms with Crippen LogP contribution in [0, 0.1) is 0 Å². The van der Waals surface area contributed by atoms with Crippen molar-refractivity contribution in [3.05, 3.63) is 5.82 Å². The quantitative estimate of drug-likeness (QED) is 0.787. The van der Waals surface area contributed by atoms with Gasteiger partial charge in [-0.1, -0.05) is 0 Å². The fraction of sp³-hybridized carbons (Fsp3) is 0.778. The molecule has 76 valence electrons. The van der Waals surface area contributed by atoms with Gasteiger partial charge in [-0.15, -0.1) is 0 Å². The maximum atomic E-state index is 4.50. The Morgan fingerprint density at radius 3 is 3.00 bits per heavy atom. The first kappa shape index (κ1) is 8.61. The summed E-state index contributed by atoms with van der Waals surface area (Å²) in [4.78, 5) is 4.50. The van der Waals surface area contributed by atoms with E-state index < -0.39 is 0 Å². The lowest BCUT2D eigenvalue weighted by Gasteiger charge is -2.07. The second-order valence-corrected chi connectivity index (χ2v) is 4.82. The molecule has 1 aliphatic heterocycles. The molecule has 2 heterocycles. The number of hydrogen-bond acceptors (Lipinski definition) is 5. The van der Waals surface area contributed by atoms with Crippen LogP contribution in [0.5, 0.6) is 0 Å². The predicted octanol–water partition coefficient (Wildman–Crippen LogP) is 1.19. The molecule has 0 spiro atoms. The summed E-state index contributed by atoms with van der Waals surface area (Å²) in [5, 5.41) is 7.76. The third-order valence-electron chi connectivity index (χ3n) is 2.77. The third-order valence-corrected chi connectivity index (χ3v) is 3.43. The smallest absolute Gasteiger partial charge is 0.202 e. The average molecular weight is 210 g/mol. The van der Waals surface area contributed by atoms with E-state index in [2.05, 4.69) is 20.0 Å². The minimum Gasteiger partial charge on any atom is -0.356 e. The molecule has 1 aromatic heterocycles. The van der Waals surface area contributed by atoms with Gasteiger partial charge in [-0.25, -0.2) is 4.98 Å². The second-order valence-electron chi connectivity index (χ2n) is 4.07. The lowest BCUT2D eigenvalue weighted by atomic mass is 10.3. The van der Waals surface area contributed by atoms with Gasteiger partial charge in [0.25, 0.3) is 0 Å². The summed E-state index contributed by atoms with van der Waals surface area (Å²) in [6.07, 6.45) is 3.75. The Hall–Kier alpha value is -0.680. The third kappa shape index (κ3) is 1.74. The fourth-order valence-electron chi connectivity index (χ4n) is 1.75. The summed E-state index contributed by atoms with van der Waals surface area (Å²) in [5.41, 5.74) is 0. The van der Waals surface area contributed by atoms with Crippen molar-refractivity contribution in [3.63, 3.8) is 0 Å². The Kier molecular flexibility index (Phi) is 2.14. The molecule has 1 saturated heterocycles. The van der Waals surface area contributed by atoms with Crippen molar-refractivity contribution in [2.45, 2.75) is 31.2 Å². The molecule has 0 aromatic carbocycles. The highest BCUT2D eigenvalue weighted by Gasteiger charge is 2.28. The number of nitrogens with one attached hydrogen (secondary N) is 2. The Bertz CT molecular complexity index is 314. The maximum absolute atomic E-state index is 4.50. The zero-order chi connectivity index (χ0) is 9.38. The molecule has 0 bridgehead atoms. The Morgan fingerprint density at radius 1 is 1.36 bits per heavy atom. The van der Waals surface area contributed by atoms with E-state index in [1.807, 2.05) is 0 Å². The van der Waals surface area contributed by atoms with Crippen LogP contribution in [0.2, 0.25) is 0 Å². The van der Waals surface area contributed by atoms with Crippen molar-refractivity contribution in [3.8, 4) is 0 Å². The van der Waals surface area contributed by atoms with E-state index in [4.69, 9.17) is 0 Å². The molecule has 0 radical (unpaired) electrons. The van der Waals surface area contributed by atoms with Crippen LogP contribution in [0.1, 0.15) is 31.0 Å². The largest absolute Gasteiger partial charge is 0.356 e. The van der Waals surface area contributed by atoms with Gasteiger partial charge in [-0.05, 0) is 25.8 Å². The van der Waals surface area contributed by atoms with E-state index in [1.54, 1.807) is 0 Å². The number of anilines is 1. The van der Waals surface area contributed by atoms with Crippen LogP contribution in [0.15, 0.2) is 0 Å². The first-order chi connectivity index (χ1) is 6.92. The van der Waals surface area contributed by atoms with Gasteiger partial charge in [-0.3, -0.25) is 0 Å². The molecule has 1 aromatic rings. The van der Waals surface area contributed by atoms with Crippen molar-refractivity contribution in [2.75, 3.05) is 18.4 Å². The van der Waals surface area contributed by atoms with Crippen LogP contribution in [0.4, 0.5) is 5.13 Å². The summed E-state index contributed by atoms with van der Waals surface area (Å²) in [5.74, 6) is 1.73. The van der Waals surface area contributed by atoms with E-state index in [0.717, 1.165) is 24.0 Å². The van der Waals surface area contributed by atoms with Gasteiger partial charge < -0.3 is 10.6 Å². The van der Waals surface area contributed by atoms with Gasteiger partial charge >= 0.3 is 0 Å². The van der Waals surface area contributed by atoms with Crippen LogP contribution >= 0.6 is 11.5 Å². The molecule has 1 atom stereocenters. The van der Waals surface area contributed by atoms with Crippen LogP contribution in [-0.4, -0.2) is 28.5 Å². The molecule has 1 aliphatic carbocycles. The van der Waals surface area contributed by atoms with Crippen molar-refractivity contribution in [1.82, 2.24) is 14.7 Å². The normalized spacial score (nSPS) is 26.7. The number of hydrogen-bond donors (Lipinski definition) is 2. The number of nitrogens with zero attached hydrogens (tertiary/aromatic N) is 2. The maximum Gasteiger partial charge on any atom is 0.202 e. The molecule has 2 N–H and O–H groups in total. The Labute approximate surface area is 87.3 Å². The molecule has 5 heteroatoms. The minimum atomic E-state index is 0.551. The standard InChI is InChI=1S/C9H14N4S/c1-2-6(1)8-12-9(14-13-8)11-7-3-4-10-5-7/h6-7,10H,1-5H2,(H,11,12,13). The van der Waals surface area contributed by atoms with Crippen LogP contribution < -0.4 is 10.6 Å². The van der Waals surface area contributed by atoms with Gasteiger partial charge in [0.2, 0.25) is 5.13 Å². The molecule has 3 rings (SSSR count). The summed E-state index contributed by atoms with van der Waals surface area (Å²) in [7, 11) is 0. The SMILES string of the molecule is C1CC(Nc2nc(C3CC3)ns2)CN1. The van der Waals surface area contributed by atoms with Crippen LogP contribution in [0.3, 0.4) is 0 Å². The fourth-order valence-corrected chi connectivity index (χ4v) is 2.48. The minimum absolute atomic E-state index is 0.551. The highest BCUT2D eigenvalue weighted by Crippen LogP contribution is 2.39. The molecule has 0 amide bonds. The van der Waals surface area contributed by atoms with E-state index in [9.17, 15) is 0 Å². The Balaban J connectivity index is 1.64. The topological polar surface area (TPSA) is 49.8 Å². The lowest BCUT2D eigenvalue weighted by Crippen LogP contribution is -2.21. The van der Waals surface area contributed by atoms with E-state index in [1.165, 1.54) is 30.8 Å². The highest BCUT2D eigenvalue weighted by molar-refractivity contribution is 7.09. The summed E-state index contributed by atoms with van der Waals surface area (Å²) >= 11 is 1.50. The zero-order valence-corrected chi connectivity index (χ0v) is 8.81. The molecule has 14 heavy (non-hydrogen) atoms. The average Bonchev–Trinajstić information content (AvgIpc) is 2.75. The highest BCUT2D eigenvalue weighted by atomic mass is 32.1. The first-order valence-electron chi connectivity index (χ1n) is 5.22. The lowest BCUT2D eigenvalue weighted by molar-refractivity contribution is 0.790. The summed E-state index contributed by atoms with van der Waals surface area (Å²) in [6, 6.07) is 0.551. The second kappa shape index (κ2) is 3.47. The Morgan fingerprint density at radius 2 is 2.29 bits per heavy atom. The van der Waals surface area contributed by atoms with E-state index in [0.29, 0.717) is 12.0 Å². The van der Waals surface area contributed by atoms with E-state index >= 15 is 0 Å². The van der Waals surface area contributed by atoms with Crippen molar-refractivity contribution < 1.29 is 0 Å². The molecular weight excluding hydrogens is 196 g/mol. The summed E-state index contributed by atoms with van der Waals surface area (Å²) in [6.45, 7) is 2.17. The van der Waals surface area contributed by atoms with Crippen molar-refractivity contribution >= 4 is 16.7 Å². The van der Waals surface area contributed by atoms with Gasteiger partial charge in [0.15, 0.2) is 0 Å². The zero-order valence-electron chi connectivity index (χ0n) is 7.99. The molecule has 1 unspecified atom stereocenters. The number of aromatic nitrogens is 2. The van der Waals surface area contributed by atoms with Gasteiger partial charge in [-0.2, -0.15) is 4.37 Å². The number of rotatable bonds is 3. The molecule has 4 nitrogen and oxygen atoms in total. The predicted molar refractivity (Wildman–Crippen MR) is 56.8 cm³/mol. The van der Waals surface area contributed by atoms with Crippen molar-refractivity contribution in [2.24, 2.45) is 0 Å². The molecule has 1 saturated carbocycles. The first-order valence-corrected chi connectivity index (χ1v) is 6.00. The molecule has 2 aliphatic rings. The van der Waals surface area contributed by atoms with Crippen LogP contribution in [0.25, 0.3) is 0 Å². The van der Waals surface area contributed by atoms with Gasteiger partial charge in [0.05, 0.1) is 0 Å². The van der Waals surface area contributed by atoms with Gasteiger partial charge in [0.1, 0.15) is 5.82 Å².